The van der Waals surface area contributed by atoms with E-state index in [1.165, 1.54) is 0 Å². The molecule has 2 amide bonds. The van der Waals surface area contributed by atoms with E-state index in [1.54, 1.807) is 49.5 Å². The van der Waals surface area contributed by atoms with Crippen molar-refractivity contribution in [2.24, 2.45) is 0 Å². The lowest BCUT2D eigenvalue weighted by Gasteiger charge is -2.34. The first-order chi connectivity index (χ1) is 14.6. The number of nitrogens with one attached hydrogen (secondary N) is 1. The summed E-state index contributed by atoms with van der Waals surface area (Å²) in [5.74, 6) is 1.83. The highest BCUT2D eigenvalue weighted by Gasteiger charge is 2.23. The Morgan fingerprint density at radius 1 is 1.10 bits per heavy atom. The Labute approximate surface area is 179 Å². The number of urea groups is 1. The zero-order valence-electron chi connectivity index (χ0n) is 16.9. The van der Waals surface area contributed by atoms with Crippen molar-refractivity contribution in [2.75, 3.05) is 45.7 Å². The molecule has 0 aliphatic carbocycles. The highest BCUT2D eigenvalue weighted by Crippen LogP contribution is 2.30. The molecule has 1 fully saturated rings. The van der Waals surface area contributed by atoms with Crippen LogP contribution in [0.25, 0.3) is 11.1 Å². The Balaban J connectivity index is 1.32. The summed E-state index contributed by atoms with van der Waals surface area (Å²) in [5.41, 5.74) is 2.14. The van der Waals surface area contributed by atoms with Gasteiger partial charge in [-0.2, -0.15) is 0 Å². The molecule has 8 nitrogen and oxygen atoms in total. The number of carbonyl (C=O) groups excluding carboxylic acids is 1. The maximum atomic E-state index is 12.6. The van der Waals surface area contributed by atoms with E-state index in [-0.39, 0.29) is 6.03 Å². The summed E-state index contributed by atoms with van der Waals surface area (Å²) in [5, 5.41) is 3.54. The molecule has 2 heterocycles. The van der Waals surface area contributed by atoms with Crippen LogP contribution >= 0.6 is 11.6 Å². The molecule has 4 rings (SSSR count). The summed E-state index contributed by atoms with van der Waals surface area (Å²) in [6, 6.07) is 10.6. The molecule has 2 aromatic carbocycles. The number of aromatic nitrogens is 1. The minimum atomic E-state index is -0.140. The molecule has 0 radical (unpaired) electrons. The van der Waals surface area contributed by atoms with Crippen LogP contribution in [-0.2, 0) is 6.54 Å². The summed E-state index contributed by atoms with van der Waals surface area (Å²) in [4.78, 5) is 21.1. The second-order valence-electron chi connectivity index (χ2n) is 6.98. The van der Waals surface area contributed by atoms with Crippen molar-refractivity contribution in [3.05, 3.63) is 47.3 Å². The molecule has 3 aromatic rings. The van der Waals surface area contributed by atoms with Crippen LogP contribution in [0.3, 0.4) is 0 Å². The number of piperazine rings is 1. The molecule has 0 bridgehead atoms. The van der Waals surface area contributed by atoms with Gasteiger partial charge in [0.15, 0.2) is 17.1 Å². The van der Waals surface area contributed by atoms with E-state index in [9.17, 15) is 4.79 Å². The quantitative estimate of drug-likeness (QED) is 0.662. The lowest BCUT2D eigenvalue weighted by Crippen LogP contribution is -2.49. The molecule has 9 heteroatoms. The minimum absolute atomic E-state index is 0.140. The predicted octanol–water partition coefficient (Wildman–Crippen LogP) is 3.85. The van der Waals surface area contributed by atoms with Gasteiger partial charge in [-0.3, -0.25) is 4.90 Å². The van der Waals surface area contributed by atoms with Gasteiger partial charge in [0.25, 0.3) is 0 Å². The molecule has 0 saturated carbocycles. The van der Waals surface area contributed by atoms with Crippen molar-refractivity contribution in [3.8, 4) is 11.5 Å². The predicted molar refractivity (Wildman–Crippen MR) is 114 cm³/mol. The molecule has 1 saturated heterocycles. The second kappa shape index (κ2) is 8.81. The Morgan fingerprint density at radius 3 is 2.60 bits per heavy atom. The fraction of sp³-hybridized carbons (Fsp3) is 0.333. The number of nitrogens with zero attached hydrogens (tertiary/aromatic N) is 3. The van der Waals surface area contributed by atoms with E-state index in [0.29, 0.717) is 53.3 Å². The van der Waals surface area contributed by atoms with Gasteiger partial charge in [-0.05, 0) is 24.3 Å². The van der Waals surface area contributed by atoms with Gasteiger partial charge in [0.05, 0.1) is 20.8 Å². The van der Waals surface area contributed by atoms with Crippen LogP contribution in [0.2, 0.25) is 5.02 Å². The second-order valence-corrected chi connectivity index (χ2v) is 7.42. The molecular formula is C21H23ClN4O4. The highest BCUT2D eigenvalue weighted by atomic mass is 35.5. The molecule has 0 spiro atoms. The zero-order chi connectivity index (χ0) is 21.1. The van der Waals surface area contributed by atoms with Crippen molar-refractivity contribution < 1.29 is 18.7 Å². The summed E-state index contributed by atoms with van der Waals surface area (Å²) in [6.07, 6.45) is 0. The van der Waals surface area contributed by atoms with Crippen LogP contribution in [0.1, 0.15) is 5.89 Å². The molecule has 158 valence electrons. The standard InChI is InChI=1S/C21H23ClN4O4/c1-28-17-6-4-15(12-19(17)29-2)23-21(27)26-9-7-25(8-10-26)13-20-24-16-5-3-14(22)11-18(16)30-20/h3-6,11-12H,7-10,13H2,1-2H3,(H,23,27). The highest BCUT2D eigenvalue weighted by molar-refractivity contribution is 6.31. The van der Waals surface area contributed by atoms with Crippen LogP contribution in [-0.4, -0.2) is 61.2 Å². The summed E-state index contributed by atoms with van der Waals surface area (Å²) < 4.78 is 16.3. The van der Waals surface area contributed by atoms with Gasteiger partial charge in [0, 0.05) is 49.0 Å². The number of fused-ring (bicyclic) bond motifs is 1. The summed E-state index contributed by atoms with van der Waals surface area (Å²) in [7, 11) is 3.14. The number of rotatable bonds is 5. The Morgan fingerprint density at radius 2 is 1.87 bits per heavy atom. The largest absolute Gasteiger partial charge is 0.493 e. The maximum absolute atomic E-state index is 12.6. The smallest absolute Gasteiger partial charge is 0.321 e. The number of carbonyl (C=O) groups is 1. The average Bonchev–Trinajstić information content (AvgIpc) is 3.15. The first-order valence-corrected chi connectivity index (χ1v) is 9.99. The van der Waals surface area contributed by atoms with Crippen LogP contribution in [0.15, 0.2) is 40.8 Å². The number of benzene rings is 2. The molecule has 1 aromatic heterocycles. The number of hydrogen-bond acceptors (Lipinski definition) is 6. The van der Waals surface area contributed by atoms with E-state index < -0.39 is 0 Å². The molecule has 1 N–H and O–H groups in total. The van der Waals surface area contributed by atoms with Crippen molar-refractivity contribution in [1.29, 1.82) is 0 Å². The van der Waals surface area contributed by atoms with E-state index in [1.807, 2.05) is 6.07 Å². The number of amides is 2. The fourth-order valence-electron chi connectivity index (χ4n) is 3.43. The van der Waals surface area contributed by atoms with Gasteiger partial charge >= 0.3 is 6.03 Å². The fourth-order valence-corrected chi connectivity index (χ4v) is 3.59. The normalized spacial score (nSPS) is 14.7. The molecule has 1 aliphatic heterocycles. The summed E-state index contributed by atoms with van der Waals surface area (Å²) in [6.45, 7) is 3.30. The first kappa shape index (κ1) is 20.3. The number of halogens is 1. The van der Waals surface area contributed by atoms with Gasteiger partial charge in [-0.15, -0.1) is 0 Å². The molecule has 0 atom stereocenters. The Hall–Kier alpha value is -2.97. The number of anilines is 1. The Bertz CT molecular complexity index is 1050. The lowest BCUT2D eigenvalue weighted by molar-refractivity contribution is 0.136. The van der Waals surface area contributed by atoms with Crippen LogP contribution < -0.4 is 14.8 Å². The Kier molecular flexibility index (Phi) is 5.96. The third-order valence-electron chi connectivity index (χ3n) is 5.05. The number of oxazole rings is 1. The number of ether oxygens (including phenoxy) is 2. The maximum Gasteiger partial charge on any atom is 0.321 e. The monoisotopic (exact) mass is 430 g/mol. The third-order valence-corrected chi connectivity index (χ3v) is 5.28. The van der Waals surface area contributed by atoms with Gasteiger partial charge < -0.3 is 24.1 Å². The van der Waals surface area contributed by atoms with Gasteiger partial charge in [0.1, 0.15) is 5.52 Å². The molecule has 1 aliphatic rings. The summed E-state index contributed by atoms with van der Waals surface area (Å²) >= 11 is 6.00. The minimum Gasteiger partial charge on any atom is -0.493 e. The molecule has 0 unspecified atom stereocenters. The molecular weight excluding hydrogens is 408 g/mol. The van der Waals surface area contributed by atoms with Gasteiger partial charge in [0.2, 0.25) is 5.89 Å². The van der Waals surface area contributed by atoms with E-state index in [2.05, 4.69) is 15.2 Å². The van der Waals surface area contributed by atoms with Crippen LogP contribution in [0.4, 0.5) is 10.5 Å². The zero-order valence-corrected chi connectivity index (χ0v) is 17.6. The topological polar surface area (TPSA) is 80.1 Å². The van der Waals surface area contributed by atoms with E-state index >= 15 is 0 Å². The average molecular weight is 431 g/mol. The van der Waals surface area contributed by atoms with Crippen LogP contribution in [0, 0.1) is 0 Å². The van der Waals surface area contributed by atoms with Gasteiger partial charge in [-0.25, -0.2) is 9.78 Å². The molecule has 30 heavy (non-hydrogen) atoms. The lowest BCUT2D eigenvalue weighted by atomic mass is 10.2. The van der Waals surface area contributed by atoms with E-state index in [4.69, 9.17) is 25.5 Å². The van der Waals surface area contributed by atoms with Crippen LogP contribution in [0.5, 0.6) is 11.5 Å². The van der Waals surface area contributed by atoms with Crippen molar-refractivity contribution >= 4 is 34.4 Å². The van der Waals surface area contributed by atoms with Gasteiger partial charge in [-0.1, -0.05) is 11.6 Å². The van der Waals surface area contributed by atoms with Crippen molar-refractivity contribution in [1.82, 2.24) is 14.8 Å². The third kappa shape index (κ3) is 4.44. The SMILES string of the molecule is COc1ccc(NC(=O)N2CCN(Cc3nc4ccc(Cl)cc4o3)CC2)cc1OC. The number of hydrogen-bond donors (Lipinski definition) is 1. The van der Waals surface area contributed by atoms with Crippen molar-refractivity contribution in [2.45, 2.75) is 6.54 Å². The van der Waals surface area contributed by atoms with E-state index in [0.717, 1.165) is 18.6 Å². The van der Waals surface area contributed by atoms with Crippen molar-refractivity contribution in [3.63, 3.8) is 0 Å². The first-order valence-electron chi connectivity index (χ1n) is 9.61. The number of methoxy groups -OCH3 is 2.